The van der Waals surface area contributed by atoms with Gasteiger partial charge < -0.3 is 30.6 Å². The molecule has 0 bridgehead atoms. The molecule has 0 amide bonds. The maximum atomic E-state index is 12.8. The van der Waals surface area contributed by atoms with Crippen LogP contribution in [0, 0.1) is 50.2 Å². The molecule has 0 aliphatic heterocycles. The smallest absolute Gasteiger partial charge is 0.312 e. The van der Waals surface area contributed by atoms with Crippen molar-refractivity contribution in [3.8, 4) is 0 Å². The van der Waals surface area contributed by atoms with Crippen molar-refractivity contribution in [1.82, 2.24) is 0 Å². The molecule has 0 aromatic carbocycles. The van der Waals surface area contributed by atoms with Crippen LogP contribution in [0.3, 0.4) is 0 Å². The molecule has 5 aliphatic rings. The number of carboxylic acid groups (broad SMARTS) is 1. The number of rotatable bonds is 3. The molecule has 0 aromatic heterocycles. The Hall–Kier alpha value is -0.990. The average molecular weight is 521 g/mol. The van der Waals surface area contributed by atoms with Crippen LogP contribution in [0.25, 0.3) is 0 Å². The molecule has 4 saturated carbocycles. The van der Waals surface area contributed by atoms with E-state index in [1.165, 1.54) is 5.57 Å². The van der Waals surface area contributed by atoms with Gasteiger partial charge in [0.05, 0.1) is 31.5 Å². The number of aliphatic hydroxyl groups is 5. The van der Waals surface area contributed by atoms with E-state index in [0.717, 1.165) is 25.7 Å². The fourth-order valence-electron chi connectivity index (χ4n) is 10.9. The van der Waals surface area contributed by atoms with Crippen molar-refractivity contribution in [3.63, 3.8) is 0 Å². The van der Waals surface area contributed by atoms with Crippen LogP contribution in [0.2, 0.25) is 0 Å². The van der Waals surface area contributed by atoms with Crippen LogP contribution in [0.4, 0.5) is 0 Å². The number of allylic oxidation sites excluding steroid dienone is 2. The summed E-state index contributed by atoms with van der Waals surface area (Å²) in [6.45, 7) is 10.3. The highest BCUT2D eigenvalue weighted by molar-refractivity contribution is 5.77. The molecule has 37 heavy (non-hydrogen) atoms. The Bertz CT molecular complexity index is 986. The van der Waals surface area contributed by atoms with E-state index in [1.807, 2.05) is 0 Å². The van der Waals surface area contributed by atoms with Gasteiger partial charge in [-0.15, -0.1) is 0 Å². The van der Waals surface area contributed by atoms with Crippen LogP contribution >= 0.6 is 0 Å². The molecule has 0 radical (unpaired) electrons. The van der Waals surface area contributed by atoms with Gasteiger partial charge in [-0.05, 0) is 90.8 Å². The molecular formula is C30H48O7. The Morgan fingerprint density at radius 2 is 1.57 bits per heavy atom. The lowest BCUT2D eigenvalue weighted by molar-refractivity contribution is -0.260. The summed E-state index contributed by atoms with van der Waals surface area (Å²) in [5, 5.41) is 65.1. The van der Waals surface area contributed by atoms with Gasteiger partial charge in [-0.3, -0.25) is 4.79 Å². The highest BCUT2D eigenvalue weighted by atomic mass is 16.4. The number of aliphatic hydroxyl groups excluding tert-OH is 5. The second-order valence-corrected chi connectivity index (χ2v) is 15.0. The van der Waals surface area contributed by atoms with Crippen LogP contribution in [0.5, 0.6) is 0 Å². The minimum Gasteiger partial charge on any atom is -0.481 e. The van der Waals surface area contributed by atoms with Crippen molar-refractivity contribution >= 4 is 5.97 Å². The van der Waals surface area contributed by atoms with E-state index in [1.54, 1.807) is 0 Å². The van der Waals surface area contributed by atoms with E-state index < -0.39 is 45.9 Å². The van der Waals surface area contributed by atoms with Crippen LogP contribution in [-0.4, -0.2) is 68.1 Å². The number of hydrogen-bond acceptors (Lipinski definition) is 6. The molecule has 10 unspecified atom stereocenters. The van der Waals surface area contributed by atoms with Gasteiger partial charge in [0.25, 0.3) is 0 Å². The van der Waals surface area contributed by atoms with Gasteiger partial charge in [0.15, 0.2) is 0 Å². The molecular weight excluding hydrogens is 472 g/mol. The molecule has 5 aliphatic carbocycles. The summed E-state index contributed by atoms with van der Waals surface area (Å²) in [7, 11) is 0. The minimum atomic E-state index is -1.19. The zero-order valence-electron chi connectivity index (χ0n) is 23.2. The first-order valence-electron chi connectivity index (χ1n) is 14.3. The third-order valence-corrected chi connectivity index (χ3v) is 13.2. The molecule has 6 N–H and O–H groups in total. The molecule has 7 heteroatoms. The van der Waals surface area contributed by atoms with Crippen LogP contribution in [-0.2, 0) is 4.79 Å². The zero-order chi connectivity index (χ0) is 27.4. The van der Waals surface area contributed by atoms with E-state index in [4.69, 9.17) is 0 Å². The SMILES string of the molecule is CC1(C)CCC2(C(=O)O)C(O)CC3(C)C(=CCC4C5(C)CC(O)C(O)C(CO)(CO)C5CCC43C)C2C1. The third-order valence-electron chi connectivity index (χ3n) is 13.2. The van der Waals surface area contributed by atoms with Crippen LogP contribution < -0.4 is 0 Å². The van der Waals surface area contributed by atoms with Gasteiger partial charge in [-0.1, -0.05) is 46.3 Å². The van der Waals surface area contributed by atoms with Crippen molar-refractivity contribution in [2.45, 2.75) is 104 Å². The summed E-state index contributed by atoms with van der Waals surface area (Å²) >= 11 is 0. The molecule has 0 spiro atoms. The van der Waals surface area contributed by atoms with E-state index in [-0.39, 0.29) is 41.8 Å². The number of fused-ring (bicyclic) bond motifs is 7. The highest BCUT2D eigenvalue weighted by Crippen LogP contribution is 2.75. The zero-order valence-corrected chi connectivity index (χ0v) is 23.2. The molecule has 7 nitrogen and oxygen atoms in total. The van der Waals surface area contributed by atoms with Crippen molar-refractivity contribution in [1.29, 1.82) is 0 Å². The first-order chi connectivity index (χ1) is 17.1. The summed E-state index contributed by atoms with van der Waals surface area (Å²) < 4.78 is 0. The van der Waals surface area contributed by atoms with Crippen molar-refractivity contribution < 1.29 is 35.4 Å². The predicted molar refractivity (Wildman–Crippen MR) is 138 cm³/mol. The normalized spacial score (nSPS) is 52.1. The van der Waals surface area contributed by atoms with E-state index in [0.29, 0.717) is 25.7 Å². The molecule has 0 heterocycles. The number of carbonyl (C=O) groups is 1. The molecule has 210 valence electrons. The quantitative estimate of drug-likeness (QED) is 0.314. The molecule has 0 aromatic rings. The van der Waals surface area contributed by atoms with Gasteiger partial charge in [0.1, 0.15) is 5.41 Å². The Balaban J connectivity index is 1.64. The van der Waals surface area contributed by atoms with Crippen LogP contribution in [0.15, 0.2) is 11.6 Å². The second kappa shape index (κ2) is 8.26. The maximum Gasteiger partial charge on any atom is 0.312 e. The maximum absolute atomic E-state index is 12.8. The molecule has 4 fully saturated rings. The summed E-state index contributed by atoms with van der Waals surface area (Å²) in [5.74, 6) is -1.18. The Kier molecular flexibility index (Phi) is 6.16. The van der Waals surface area contributed by atoms with Gasteiger partial charge >= 0.3 is 5.97 Å². The highest BCUT2D eigenvalue weighted by Gasteiger charge is 2.72. The standard InChI is InChI=1S/C30H48O7/c1-25(2)10-11-30(24(36)37)18(12-25)17-6-7-20-26(3)13-19(33)23(35)29(15-31,16-32)21(26)8-9-27(20,4)28(17,5)14-22(30)34/h6,18-23,31-35H,7-16H2,1-5H3,(H,36,37). The first-order valence-corrected chi connectivity index (χ1v) is 14.3. The fraction of sp³-hybridized carbons (Fsp3) is 0.900. The second-order valence-electron chi connectivity index (χ2n) is 15.0. The van der Waals surface area contributed by atoms with Crippen LogP contribution in [0.1, 0.15) is 86.0 Å². The van der Waals surface area contributed by atoms with Crippen molar-refractivity contribution in [2.75, 3.05) is 13.2 Å². The monoisotopic (exact) mass is 520 g/mol. The number of aliphatic carboxylic acids is 1. The number of hydrogen-bond donors (Lipinski definition) is 6. The predicted octanol–water partition coefficient (Wildman–Crippen LogP) is 3.12. The summed E-state index contributed by atoms with van der Waals surface area (Å²) in [6.07, 6.45) is 4.08. The Morgan fingerprint density at radius 3 is 2.16 bits per heavy atom. The van der Waals surface area contributed by atoms with Gasteiger partial charge in [0, 0.05) is 5.41 Å². The van der Waals surface area contributed by atoms with E-state index in [9.17, 15) is 35.4 Å². The topological polar surface area (TPSA) is 138 Å². The average Bonchev–Trinajstić information content (AvgIpc) is 2.80. The van der Waals surface area contributed by atoms with Gasteiger partial charge in [-0.2, -0.15) is 0 Å². The lowest BCUT2D eigenvalue weighted by atomic mass is 9.33. The summed E-state index contributed by atoms with van der Waals surface area (Å²) in [4.78, 5) is 12.8. The lowest BCUT2D eigenvalue weighted by Gasteiger charge is -2.72. The molecule has 10 atom stereocenters. The third kappa shape index (κ3) is 3.21. The fourth-order valence-corrected chi connectivity index (χ4v) is 10.9. The summed E-state index contributed by atoms with van der Waals surface area (Å²) in [6, 6.07) is 0. The molecule has 5 rings (SSSR count). The van der Waals surface area contributed by atoms with Crippen molar-refractivity contribution in [3.05, 3.63) is 11.6 Å². The Morgan fingerprint density at radius 1 is 0.919 bits per heavy atom. The van der Waals surface area contributed by atoms with Gasteiger partial charge in [-0.25, -0.2) is 0 Å². The van der Waals surface area contributed by atoms with Crippen molar-refractivity contribution in [2.24, 2.45) is 50.2 Å². The first kappa shape index (κ1) is 27.6. The summed E-state index contributed by atoms with van der Waals surface area (Å²) in [5.41, 5.74) is -2.26. The largest absolute Gasteiger partial charge is 0.481 e. The number of carboxylic acids is 1. The molecule has 0 saturated heterocycles. The lowest BCUT2D eigenvalue weighted by Crippen LogP contribution is -2.70. The van der Waals surface area contributed by atoms with E-state index >= 15 is 0 Å². The van der Waals surface area contributed by atoms with E-state index in [2.05, 4.69) is 40.7 Å². The van der Waals surface area contributed by atoms with Gasteiger partial charge in [0.2, 0.25) is 0 Å². The Labute approximate surface area is 221 Å². The minimum absolute atomic E-state index is 0.00467.